The average Bonchev–Trinajstić information content (AvgIpc) is 3.20. The zero-order valence-corrected chi connectivity index (χ0v) is 25.1. The molecule has 9 heteroatoms. The van der Waals surface area contributed by atoms with Gasteiger partial charge in [-0.2, -0.15) is 0 Å². The van der Waals surface area contributed by atoms with E-state index in [2.05, 4.69) is 72.2 Å². The molecule has 0 radical (unpaired) electrons. The fourth-order valence-electron chi connectivity index (χ4n) is 6.74. The van der Waals surface area contributed by atoms with Crippen LogP contribution in [-0.2, 0) is 24.9 Å². The Morgan fingerprint density at radius 2 is 2.05 bits per heavy atom. The van der Waals surface area contributed by atoms with Gasteiger partial charge >= 0.3 is 5.97 Å². The van der Waals surface area contributed by atoms with Crippen LogP contribution >= 0.6 is 0 Å². The number of H-pyrrole nitrogens is 1. The summed E-state index contributed by atoms with van der Waals surface area (Å²) in [6, 6.07) is 9.63. The van der Waals surface area contributed by atoms with Gasteiger partial charge < -0.3 is 14.8 Å². The van der Waals surface area contributed by atoms with Gasteiger partial charge in [0.2, 0.25) is 5.56 Å². The van der Waals surface area contributed by atoms with E-state index in [0.29, 0.717) is 19.6 Å². The van der Waals surface area contributed by atoms with Crippen molar-refractivity contribution in [2.75, 3.05) is 6.54 Å². The Morgan fingerprint density at radius 3 is 2.76 bits per heavy atom. The van der Waals surface area contributed by atoms with Crippen molar-refractivity contribution >= 4 is 12.0 Å². The Hall–Kier alpha value is -3.72. The molecule has 0 amide bonds. The Balaban J connectivity index is 1.55. The highest BCUT2D eigenvalue weighted by atomic mass is 16.5. The largest absolute Gasteiger partial charge is 0.487 e. The maximum atomic E-state index is 12.8. The number of aromatic amines is 1. The summed E-state index contributed by atoms with van der Waals surface area (Å²) in [6.45, 7) is 14.0. The van der Waals surface area contributed by atoms with Crippen molar-refractivity contribution in [3.8, 4) is 5.75 Å². The summed E-state index contributed by atoms with van der Waals surface area (Å²) in [6.07, 6.45) is 5.03. The van der Waals surface area contributed by atoms with Gasteiger partial charge in [0.15, 0.2) is 0 Å². The molecule has 0 fully saturated rings. The minimum Gasteiger partial charge on any atom is -0.487 e. The van der Waals surface area contributed by atoms with Crippen molar-refractivity contribution in [3.63, 3.8) is 0 Å². The average molecular weight is 560 g/mol. The van der Waals surface area contributed by atoms with Crippen LogP contribution in [0.2, 0.25) is 0 Å². The molecule has 0 saturated heterocycles. The first kappa shape index (κ1) is 28.8. The number of benzene rings is 1. The minimum absolute atomic E-state index is 0.00218. The van der Waals surface area contributed by atoms with Crippen LogP contribution in [0.15, 0.2) is 41.2 Å². The lowest BCUT2D eigenvalue weighted by molar-refractivity contribution is -0.150. The van der Waals surface area contributed by atoms with E-state index in [9.17, 15) is 14.7 Å². The topological polar surface area (TPSA) is 113 Å². The van der Waals surface area contributed by atoms with Gasteiger partial charge in [-0.3, -0.25) is 14.5 Å². The smallest absolute Gasteiger partial charge is 0.309 e. The molecule has 4 atom stereocenters. The van der Waals surface area contributed by atoms with Gasteiger partial charge in [-0.15, -0.1) is 5.10 Å². The highest BCUT2D eigenvalue weighted by Crippen LogP contribution is 2.57. The lowest BCUT2D eigenvalue weighted by Crippen LogP contribution is -2.43. The van der Waals surface area contributed by atoms with Gasteiger partial charge in [-0.1, -0.05) is 50.3 Å². The summed E-state index contributed by atoms with van der Waals surface area (Å²) < 4.78 is 8.00. The van der Waals surface area contributed by atoms with E-state index in [1.165, 1.54) is 6.07 Å². The van der Waals surface area contributed by atoms with E-state index in [4.69, 9.17) is 4.74 Å². The number of hydrogen-bond donors (Lipinski definition) is 2. The molecule has 0 spiro atoms. The number of aliphatic carboxylic acids is 1. The number of aromatic nitrogens is 4. The molecule has 2 N–H and O–H groups in total. The van der Waals surface area contributed by atoms with Gasteiger partial charge in [0.1, 0.15) is 11.9 Å². The first-order valence-electron chi connectivity index (χ1n) is 14.4. The molecule has 1 aliphatic carbocycles. The van der Waals surface area contributed by atoms with Crippen LogP contribution in [0.1, 0.15) is 86.6 Å². The number of fused-ring (bicyclic) bond motifs is 2. The number of carbonyl (C=O) groups is 1. The van der Waals surface area contributed by atoms with Gasteiger partial charge in [-0.05, 0) is 56.0 Å². The number of nitrogens with one attached hydrogen (secondary N) is 1. The molecule has 41 heavy (non-hydrogen) atoms. The van der Waals surface area contributed by atoms with E-state index in [-0.39, 0.29) is 23.5 Å². The summed E-state index contributed by atoms with van der Waals surface area (Å²) in [7, 11) is 1.88. The summed E-state index contributed by atoms with van der Waals surface area (Å²) >= 11 is 0. The molecule has 3 aromatic rings. The van der Waals surface area contributed by atoms with Gasteiger partial charge in [0, 0.05) is 50.0 Å². The van der Waals surface area contributed by atoms with Gasteiger partial charge in [0.05, 0.1) is 22.5 Å². The highest BCUT2D eigenvalue weighted by molar-refractivity contribution is 5.76. The van der Waals surface area contributed by atoms with Crippen LogP contribution in [0, 0.1) is 17.8 Å². The number of hydrogen-bond acceptors (Lipinski definition) is 6. The number of pyridine rings is 1. The van der Waals surface area contributed by atoms with E-state index in [1.54, 1.807) is 10.7 Å². The first-order valence-corrected chi connectivity index (χ1v) is 14.4. The molecule has 218 valence electrons. The third kappa shape index (κ3) is 5.12. The monoisotopic (exact) mass is 559 g/mol. The molecule has 2 unspecified atom stereocenters. The van der Waals surface area contributed by atoms with Crippen molar-refractivity contribution in [2.45, 2.75) is 79.0 Å². The van der Waals surface area contributed by atoms with E-state index in [1.807, 2.05) is 27.0 Å². The Morgan fingerprint density at radius 1 is 1.29 bits per heavy atom. The second-order valence-electron chi connectivity index (χ2n) is 12.5. The fraction of sp³-hybridized carbons (Fsp3) is 0.500. The molecule has 9 nitrogen and oxygen atoms in total. The zero-order chi connectivity index (χ0) is 29.7. The quantitative estimate of drug-likeness (QED) is 0.418. The molecular weight excluding hydrogens is 518 g/mol. The van der Waals surface area contributed by atoms with Gasteiger partial charge in [-0.25, -0.2) is 4.68 Å². The molecule has 3 heterocycles. The van der Waals surface area contributed by atoms with Crippen molar-refractivity contribution < 1.29 is 14.6 Å². The molecule has 0 bridgehead atoms. The van der Waals surface area contributed by atoms with Crippen molar-refractivity contribution in [3.05, 3.63) is 80.5 Å². The van der Waals surface area contributed by atoms with E-state index in [0.717, 1.165) is 45.9 Å². The number of carboxylic acid groups (broad SMARTS) is 1. The maximum absolute atomic E-state index is 12.8. The molecule has 5 rings (SSSR count). The molecule has 1 aliphatic heterocycles. The lowest BCUT2D eigenvalue weighted by Gasteiger charge is -2.47. The number of aryl methyl sites for hydroxylation is 2. The van der Waals surface area contributed by atoms with E-state index >= 15 is 0 Å². The molecule has 1 aromatic carbocycles. The van der Waals surface area contributed by atoms with Crippen LogP contribution < -0.4 is 10.3 Å². The third-order valence-electron chi connectivity index (χ3n) is 9.39. The summed E-state index contributed by atoms with van der Waals surface area (Å²) in [4.78, 5) is 30.1. The minimum atomic E-state index is -1.07. The van der Waals surface area contributed by atoms with Crippen LogP contribution in [0.4, 0.5) is 0 Å². The van der Waals surface area contributed by atoms with Crippen LogP contribution in [-0.4, -0.2) is 48.6 Å². The summed E-state index contributed by atoms with van der Waals surface area (Å²) in [5.74, 6) is -0.512. The third-order valence-corrected chi connectivity index (χ3v) is 9.39. The number of carboxylic acids is 1. The number of ether oxygens (including phenoxy) is 1. The van der Waals surface area contributed by atoms with Crippen molar-refractivity contribution in [1.82, 2.24) is 24.9 Å². The molecule has 2 aliphatic rings. The summed E-state index contributed by atoms with van der Waals surface area (Å²) in [5, 5.41) is 19.2. The van der Waals surface area contributed by atoms with Crippen molar-refractivity contribution in [2.24, 2.45) is 17.9 Å². The number of rotatable bonds is 7. The van der Waals surface area contributed by atoms with Crippen LogP contribution in [0.3, 0.4) is 0 Å². The Bertz CT molecular complexity index is 1550. The fourth-order valence-corrected chi connectivity index (χ4v) is 6.74. The maximum Gasteiger partial charge on any atom is 0.309 e. The standard InChI is InChI=1S/C32H41N5O4/c1-8-23-17-37(18-24-26(41-23)11-12-27(38)33-24)16-22-15-21(10-9-19(22)2)29(31(4,5)30(39)40)32(6)14-13-25-28(20(32)3)34-35-36(25)7/h9-15,20,23,29H,8,16-18H2,1-7H3,(H,33,38)(H,39,40)/t20?,23-,29-,32?/m1/s1. The second kappa shape index (κ2) is 10.6. The Kier molecular flexibility index (Phi) is 7.44. The highest BCUT2D eigenvalue weighted by Gasteiger charge is 2.52. The molecule has 0 saturated carbocycles. The predicted octanol–water partition coefficient (Wildman–Crippen LogP) is 5.02. The first-order chi connectivity index (χ1) is 19.3. The Labute approximate surface area is 241 Å². The van der Waals surface area contributed by atoms with Crippen molar-refractivity contribution in [1.29, 1.82) is 0 Å². The predicted molar refractivity (Wildman–Crippen MR) is 158 cm³/mol. The summed E-state index contributed by atoms with van der Waals surface area (Å²) in [5.41, 5.74) is 4.12. The molecular formula is C32H41N5O4. The number of allylic oxidation sites excluding steroid dienone is 1. The van der Waals surface area contributed by atoms with Crippen LogP contribution in [0.25, 0.3) is 6.08 Å². The normalized spacial score (nSPS) is 23.3. The van der Waals surface area contributed by atoms with Gasteiger partial charge in [0.25, 0.3) is 0 Å². The SMILES string of the molecule is CC[C@@H]1CN(Cc2cc([C@H](C(C)(C)C(=O)O)C3(C)C=Cc4c(nnn4C)C3C)ccc2C)Cc2[nH]c(=O)ccc2O1. The number of nitrogens with zero attached hydrogens (tertiary/aromatic N) is 4. The van der Waals surface area contributed by atoms with Crippen LogP contribution in [0.5, 0.6) is 5.75 Å². The lowest BCUT2D eigenvalue weighted by atomic mass is 9.55. The van der Waals surface area contributed by atoms with E-state index < -0.39 is 16.8 Å². The molecule has 2 aromatic heterocycles. The second-order valence-corrected chi connectivity index (χ2v) is 12.5. The zero-order valence-electron chi connectivity index (χ0n) is 25.1.